The van der Waals surface area contributed by atoms with Crippen LogP contribution in [0.3, 0.4) is 0 Å². The zero-order chi connectivity index (χ0) is 27.4. The summed E-state index contributed by atoms with van der Waals surface area (Å²) in [5.41, 5.74) is -2.15. The largest absolute Gasteiger partial charge is 0.444 e. The molecule has 0 saturated carbocycles. The molecular weight excluding hydrogens is 461 g/mol. The number of hydrogen-bond acceptors (Lipinski definition) is 5. The van der Waals surface area contributed by atoms with E-state index < -0.39 is 34.7 Å². The molecule has 0 aliphatic carbocycles. The van der Waals surface area contributed by atoms with Gasteiger partial charge in [0.05, 0.1) is 23.5 Å². The second-order valence-corrected chi connectivity index (χ2v) is 10.6. The van der Waals surface area contributed by atoms with Crippen LogP contribution in [-0.4, -0.2) is 43.9 Å². The van der Waals surface area contributed by atoms with Gasteiger partial charge in [-0.05, 0) is 80.4 Å². The predicted molar refractivity (Wildman–Crippen MR) is 132 cm³/mol. The third-order valence-electron chi connectivity index (χ3n) is 4.91. The number of nitrogens with one attached hydrogen (secondary N) is 1. The molecule has 1 aromatic heterocycles. The van der Waals surface area contributed by atoms with Gasteiger partial charge in [0.25, 0.3) is 0 Å². The van der Waals surface area contributed by atoms with Crippen LogP contribution in [0.25, 0.3) is 5.57 Å². The van der Waals surface area contributed by atoms with E-state index in [9.17, 15) is 23.1 Å². The van der Waals surface area contributed by atoms with Crippen molar-refractivity contribution in [3.05, 3.63) is 34.8 Å². The van der Waals surface area contributed by atoms with Crippen molar-refractivity contribution < 1.29 is 27.8 Å². The summed E-state index contributed by atoms with van der Waals surface area (Å²) in [7, 11) is 0. The quantitative estimate of drug-likeness (QED) is 0.420. The number of nitrogens with zero attached hydrogens (tertiary/aromatic N) is 3. The molecule has 1 heterocycles. The van der Waals surface area contributed by atoms with E-state index in [2.05, 4.69) is 15.4 Å². The summed E-state index contributed by atoms with van der Waals surface area (Å²) >= 11 is 0. The molecule has 0 atom stereocenters. The molecule has 0 bridgehead atoms. The number of carbonyl (C=O) groups is 1. The van der Waals surface area contributed by atoms with Crippen molar-refractivity contribution in [3.63, 3.8) is 0 Å². The van der Waals surface area contributed by atoms with Gasteiger partial charge in [-0.2, -0.15) is 18.3 Å². The molecule has 2 N–H and O–H groups in total. The van der Waals surface area contributed by atoms with E-state index in [4.69, 9.17) is 4.74 Å². The van der Waals surface area contributed by atoms with E-state index in [-0.39, 0.29) is 12.2 Å². The summed E-state index contributed by atoms with van der Waals surface area (Å²) in [4.78, 5) is 16.7. The fourth-order valence-electron chi connectivity index (χ4n) is 3.28. The van der Waals surface area contributed by atoms with Crippen molar-refractivity contribution in [3.8, 4) is 0 Å². The van der Waals surface area contributed by atoms with Crippen molar-refractivity contribution in [2.45, 2.75) is 105 Å². The number of ether oxygens (including phenoxy) is 1. The molecule has 7 nitrogen and oxygen atoms in total. The highest BCUT2D eigenvalue weighted by Crippen LogP contribution is 2.31. The summed E-state index contributed by atoms with van der Waals surface area (Å²) in [6.45, 7) is 17.1. The normalized spacial score (nSPS) is 14.9. The number of aliphatic imine (C=N–C) groups is 1. The Balaban J connectivity index is 3.46. The number of hydrogen-bond donors (Lipinski definition) is 2. The first-order valence-corrected chi connectivity index (χ1v) is 11.5. The number of aromatic nitrogens is 2. The minimum atomic E-state index is -4.66. The van der Waals surface area contributed by atoms with Crippen LogP contribution in [0.1, 0.15) is 87.0 Å². The van der Waals surface area contributed by atoms with Crippen molar-refractivity contribution in [1.29, 1.82) is 0 Å². The molecule has 0 spiro atoms. The lowest BCUT2D eigenvalue weighted by Gasteiger charge is -2.29. The highest BCUT2D eigenvalue weighted by Gasteiger charge is 2.36. The Bertz CT molecular complexity index is 989. The number of rotatable bonds is 8. The van der Waals surface area contributed by atoms with Crippen molar-refractivity contribution in [1.82, 2.24) is 15.1 Å². The van der Waals surface area contributed by atoms with E-state index in [1.807, 2.05) is 13.8 Å². The van der Waals surface area contributed by atoms with Crippen molar-refractivity contribution in [2.24, 2.45) is 4.99 Å². The zero-order valence-electron chi connectivity index (χ0n) is 22.4. The number of carbonyl (C=O) groups excluding carboxylic acids is 1. The summed E-state index contributed by atoms with van der Waals surface area (Å²) in [5.74, 6) is 0. The molecule has 198 valence electrons. The van der Waals surface area contributed by atoms with Gasteiger partial charge in [0.2, 0.25) is 0 Å². The maximum Gasteiger partial charge on any atom is 0.435 e. The number of alkyl halides is 3. The first-order valence-electron chi connectivity index (χ1n) is 11.5. The maximum atomic E-state index is 13.5. The van der Waals surface area contributed by atoms with Gasteiger partial charge in [0.1, 0.15) is 11.2 Å². The topological polar surface area (TPSA) is 88.7 Å². The number of alkyl carbamates (subject to hydrolysis) is 1. The van der Waals surface area contributed by atoms with Gasteiger partial charge < -0.3 is 15.2 Å². The minimum Gasteiger partial charge on any atom is -0.444 e. The average Bonchev–Trinajstić information content (AvgIpc) is 3.04. The van der Waals surface area contributed by atoms with Gasteiger partial charge in [-0.25, -0.2) is 4.79 Å². The van der Waals surface area contributed by atoms with E-state index in [0.717, 1.165) is 11.6 Å². The third-order valence-corrected chi connectivity index (χ3v) is 4.91. The van der Waals surface area contributed by atoms with Crippen LogP contribution in [0.4, 0.5) is 18.0 Å². The molecule has 1 aromatic rings. The summed E-state index contributed by atoms with van der Waals surface area (Å²) in [6, 6.07) is 0.949. The van der Waals surface area contributed by atoms with Gasteiger partial charge in [-0.1, -0.05) is 13.0 Å². The van der Waals surface area contributed by atoms with Gasteiger partial charge in [0, 0.05) is 11.8 Å². The van der Waals surface area contributed by atoms with Crippen LogP contribution in [0, 0.1) is 0 Å². The molecule has 0 saturated heterocycles. The predicted octanol–water partition coefficient (Wildman–Crippen LogP) is 6.13. The van der Waals surface area contributed by atoms with Gasteiger partial charge in [0.15, 0.2) is 5.69 Å². The molecular formula is C25H39F3N4O3. The molecule has 35 heavy (non-hydrogen) atoms. The third kappa shape index (κ3) is 9.51. The van der Waals surface area contributed by atoms with E-state index in [0.29, 0.717) is 17.7 Å². The second-order valence-electron chi connectivity index (χ2n) is 10.6. The Morgan fingerprint density at radius 2 is 1.77 bits per heavy atom. The molecule has 0 radical (unpaired) electrons. The van der Waals surface area contributed by atoms with E-state index >= 15 is 0 Å². The molecule has 0 aromatic carbocycles. The van der Waals surface area contributed by atoms with Crippen molar-refractivity contribution >= 4 is 17.9 Å². The lowest BCUT2D eigenvalue weighted by atomic mass is 9.99. The van der Waals surface area contributed by atoms with Crippen LogP contribution in [0.5, 0.6) is 0 Å². The number of aliphatic hydroxyl groups is 1. The first kappa shape index (κ1) is 30.4. The Hall–Kier alpha value is -2.62. The summed E-state index contributed by atoms with van der Waals surface area (Å²) in [6.07, 6.45) is -1.64. The smallest absolute Gasteiger partial charge is 0.435 e. The summed E-state index contributed by atoms with van der Waals surface area (Å²) < 4.78 is 47.1. The van der Waals surface area contributed by atoms with Crippen molar-refractivity contribution in [2.75, 3.05) is 0 Å². The van der Waals surface area contributed by atoms with Crippen LogP contribution < -0.4 is 5.32 Å². The molecule has 0 fully saturated rings. The molecule has 1 amide bonds. The fraction of sp³-hybridized carbons (Fsp3) is 0.640. The van der Waals surface area contributed by atoms with Crippen LogP contribution in [-0.2, 0) is 17.5 Å². The SMILES string of the molecule is C/C=C(\C=NC(=C(C)CC)C(C)(C)O)c1cc(C(F)(F)F)nn1CC(C)(C)NC(=O)OC(C)(C)C. The molecule has 10 heteroatoms. The standard InChI is InChI=1S/C25H39F3N4O3/c1-11-16(3)20(24(9,10)34)29-14-17(12-2)18-13-19(25(26,27)28)31-32(18)15-23(7,8)30-21(33)35-22(4,5)6/h12-14,34H,11,15H2,1-10H3,(H,30,33)/b17-12+,20-16?,29-14?. The Morgan fingerprint density at radius 3 is 2.20 bits per heavy atom. The van der Waals surface area contributed by atoms with Crippen LogP contribution in [0.15, 0.2) is 28.4 Å². The Morgan fingerprint density at radius 1 is 1.20 bits per heavy atom. The second kappa shape index (κ2) is 11.0. The van der Waals surface area contributed by atoms with Gasteiger partial charge in [-0.15, -0.1) is 0 Å². The lowest BCUT2D eigenvalue weighted by molar-refractivity contribution is -0.141. The van der Waals surface area contributed by atoms with E-state index in [1.54, 1.807) is 61.5 Å². The fourth-order valence-corrected chi connectivity index (χ4v) is 3.28. The monoisotopic (exact) mass is 500 g/mol. The first-order chi connectivity index (χ1) is 15.7. The Kier molecular flexibility index (Phi) is 9.53. The highest BCUT2D eigenvalue weighted by atomic mass is 19.4. The minimum absolute atomic E-state index is 0.0645. The molecule has 1 rings (SSSR count). The highest BCUT2D eigenvalue weighted by molar-refractivity contribution is 6.09. The average molecular weight is 501 g/mol. The van der Waals surface area contributed by atoms with Crippen LogP contribution >= 0.6 is 0 Å². The van der Waals surface area contributed by atoms with E-state index in [1.165, 1.54) is 10.9 Å². The number of allylic oxidation sites excluding steroid dienone is 3. The zero-order valence-corrected chi connectivity index (χ0v) is 22.4. The maximum absolute atomic E-state index is 13.5. The molecule has 0 aliphatic heterocycles. The lowest BCUT2D eigenvalue weighted by Crippen LogP contribution is -2.48. The van der Waals surface area contributed by atoms with Gasteiger partial charge in [-0.3, -0.25) is 9.67 Å². The molecule has 0 unspecified atom stereocenters. The Labute approximate surface area is 206 Å². The van der Waals surface area contributed by atoms with Crippen LogP contribution in [0.2, 0.25) is 0 Å². The van der Waals surface area contributed by atoms with Gasteiger partial charge >= 0.3 is 12.3 Å². The molecule has 0 aliphatic rings. The number of halogens is 3. The number of amides is 1. The summed E-state index contributed by atoms with van der Waals surface area (Å²) in [5, 5.41) is 17.0.